The van der Waals surface area contributed by atoms with Gasteiger partial charge < -0.3 is 38.6 Å². The van der Waals surface area contributed by atoms with Crippen molar-refractivity contribution in [1.82, 2.24) is 19.5 Å². The van der Waals surface area contributed by atoms with Crippen molar-refractivity contribution in [2.75, 3.05) is 44.3 Å². The maximum Gasteiger partial charge on any atom is 0.425 e. The zero-order chi connectivity index (χ0) is 46.3. The van der Waals surface area contributed by atoms with E-state index in [9.17, 15) is 19.8 Å². The van der Waals surface area contributed by atoms with Crippen molar-refractivity contribution in [1.29, 1.82) is 0 Å². The summed E-state index contributed by atoms with van der Waals surface area (Å²) < 4.78 is 39.0. The minimum absolute atomic E-state index is 0.0528. The molecule has 6 aromatic rings. The van der Waals surface area contributed by atoms with Crippen molar-refractivity contribution in [3.05, 3.63) is 163 Å². The Hall–Kier alpha value is -6.63. The molecule has 1 aliphatic carbocycles. The van der Waals surface area contributed by atoms with Crippen LogP contribution in [0.2, 0.25) is 0 Å². The number of aliphatic hydroxyl groups excluding tert-OH is 2. The molecule has 2 aromatic heterocycles. The number of carbonyl (C=O) groups is 2. The fourth-order valence-corrected chi connectivity index (χ4v) is 8.10. The summed E-state index contributed by atoms with van der Waals surface area (Å²) in [7, 11) is 3.18. The van der Waals surface area contributed by atoms with Crippen LogP contribution in [0.5, 0.6) is 5.88 Å². The van der Waals surface area contributed by atoms with E-state index in [1.54, 1.807) is 76.6 Å². The fourth-order valence-electron chi connectivity index (χ4n) is 8.10. The van der Waals surface area contributed by atoms with Crippen LogP contribution in [-0.4, -0.2) is 99.9 Å². The lowest BCUT2D eigenvalue weighted by Gasteiger charge is -2.40. The molecule has 4 atom stereocenters. The van der Waals surface area contributed by atoms with Gasteiger partial charge in [0.25, 0.3) is 5.88 Å². The first-order chi connectivity index (χ1) is 32.1. The summed E-state index contributed by atoms with van der Waals surface area (Å²) >= 11 is 0. The van der Waals surface area contributed by atoms with Gasteiger partial charge >= 0.3 is 6.09 Å². The van der Waals surface area contributed by atoms with Crippen molar-refractivity contribution >= 4 is 40.5 Å². The third-order valence-electron chi connectivity index (χ3n) is 11.6. The molecule has 1 fully saturated rings. The van der Waals surface area contributed by atoms with E-state index in [0.717, 1.165) is 16.7 Å². The molecule has 0 bridgehead atoms. The van der Waals surface area contributed by atoms with E-state index in [1.807, 2.05) is 91.0 Å². The van der Waals surface area contributed by atoms with Gasteiger partial charge in [0.05, 0.1) is 37.5 Å². The quantitative estimate of drug-likeness (QED) is 0.0779. The number of hydrogen-bond donors (Lipinski definition) is 3. The molecule has 66 heavy (non-hydrogen) atoms. The van der Waals surface area contributed by atoms with Crippen LogP contribution in [-0.2, 0) is 34.1 Å². The van der Waals surface area contributed by atoms with Crippen LogP contribution in [0.3, 0.4) is 0 Å². The number of methoxy groups -OCH3 is 2. The number of nitrogens with zero attached hydrogens (tertiary/aromatic N) is 5. The summed E-state index contributed by atoms with van der Waals surface area (Å²) in [6, 6.07) is 37.4. The van der Waals surface area contributed by atoms with Crippen molar-refractivity contribution in [2.24, 2.45) is 5.92 Å². The Labute approximate surface area is 382 Å². The van der Waals surface area contributed by atoms with Gasteiger partial charge in [0.1, 0.15) is 23.9 Å². The van der Waals surface area contributed by atoms with Crippen LogP contribution in [0.1, 0.15) is 37.6 Å². The van der Waals surface area contributed by atoms with E-state index in [2.05, 4.69) is 20.3 Å². The van der Waals surface area contributed by atoms with Gasteiger partial charge in [-0.1, -0.05) is 123 Å². The molecule has 16 nitrogen and oxygen atoms in total. The minimum Gasteiger partial charge on any atom is -0.394 e. The summed E-state index contributed by atoms with van der Waals surface area (Å²) in [5.41, 5.74) is 2.43. The molecule has 8 rings (SSSR count). The number of imidazole rings is 1. The van der Waals surface area contributed by atoms with Crippen molar-refractivity contribution in [3.63, 3.8) is 0 Å². The van der Waals surface area contributed by atoms with E-state index in [1.165, 1.54) is 15.8 Å². The molecule has 0 saturated carbocycles. The predicted molar refractivity (Wildman–Crippen MR) is 245 cm³/mol. The lowest BCUT2D eigenvalue weighted by atomic mass is 9.77. The second kappa shape index (κ2) is 20.3. The standard InChI is InChI=1S/C50H52N6O10/c1-33(2)44(59)53-47-52-43-40(45(54-47)66-48(60)56(37-21-13-7-14-22-37)38-23-15-8-16-24-38)51-32-55(43)46-42(63-30-29-57)41(58)39(65-46)31-64-50(34-17-9-5-10-18-34,35-19-11-6-12-20-35)36-25-27-49(61-3,62-4)28-26-36/h5-27,32-33,39,41-42,46,57-58H,28-31H2,1-4H3,(H,52,53,54,59)/t39-,41-,42-,46-/m1/s1. The average molecular weight is 897 g/mol. The maximum atomic E-state index is 14.2. The third kappa shape index (κ3) is 9.25. The zero-order valence-electron chi connectivity index (χ0n) is 37.0. The normalized spacial score (nSPS) is 19.2. The zero-order valence-corrected chi connectivity index (χ0v) is 37.0. The van der Waals surface area contributed by atoms with Gasteiger partial charge in [-0.25, -0.2) is 14.7 Å². The van der Waals surface area contributed by atoms with Crippen molar-refractivity contribution in [3.8, 4) is 5.88 Å². The Bertz CT molecular complexity index is 2560. The first-order valence-corrected chi connectivity index (χ1v) is 21.6. The highest BCUT2D eigenvalue weighted by molar-refractivity contribution is 5.98. The molecule has 1 aliphatic heterocycles. The smallest absolute Gasteiger partial charge is 0.394 e. The number of aliphatic hydroxyl groups is 2. The summed E-state index contributed by atoms with van der Waals surface area (Å²) in [6.45, 7) is 2.80. The fraction of sp³-hybridized carbons (Fsp3) is 0.300. The van der Waals surface area contributed by atoms with Crippen LogP contribution >= 0.6 is 0 Å². The number of carbonyl (C=O) groups excluding carboxylic acids is 2. The third-order valence-corrected chi connectivity index (χ3v) is 11.6. The average Bonchev–Trinajstić information content (AvgIpc) is 3.92. The van der Waals surface area contributed by atoms with Crippen molar-refractivity contribution < 1.29 is 48.2 Å². The number of rotatable bonds is 17. The molecular formula is C50H52N6O10. The first-order valence-electron chi connectivity index (χ1n) is 21.6. The largest absolute Gasteiger partial charge is 0.425 e. The first kappa shape index (κ1) is 45.9. The van der Waals surface area contributed by atoms with E-state index < -0.39 is 47.9 Å². The summed E-state index contributed by atoms with van der Waals surface area (Å²) in [5.74, 6) is -2.22. The lowest BCUT2D eigenvalue weighted by Crippen LogP contribution is -2.41. The van der Waals surface area contributed by atoms with Crippen LogP contribution in [0, 0.1) is 5.92 Å². The van der Waals surface area contributed by atoms with Gasteiger partial charge in [-0.05, 0) is 47.0 Å². The Balaban J connectivity index is 1.17. The van der Waals surface area contributed by atoms with E-state index in [-0.39, 0.29) is 48.7 Å². The van der Waals surface area contributed by atoms with E-state index in [4.69, 9.17) is 28.4 Å². The van der Waals surface area contributed by atoms with Gasteiger partial charge in [0, 0.05) is 26.6 Å². The van der Waals surface area contributed by atoms with E-state index in [0.29, 0.717) is 17.8 Å². The number of hydrogen-bond acceptors (Lipinski definition) is 13. The number of aromatic nitrogens is 4. The molecule has 16 heteroatoms. The molecule has 1 saturated heterocycles. The molecule has 0 spiro atoms. The van der Waals surface area contributed by atoms with Gasteiger partial charge in [-0.2, -0.15) is 9.97 Å². The monoisotopic (exact) mass is 896 g/mol. The van der Waals surface area contributed by atoms with Gasteiger partial charge in [-0.15, -0.1) is 0 Å². The van der Waals surface area contributed by atoms with Crippen LogP contribution in [0.4, 0.5) is 22.1 Å². The number of ether oxygens (including phenoxy) is 6. The molecule has 342 valence electrons. The molecule has 2 amide bonds. The molecular weight excluding hydrogens is 845 g/mol. The van der Waals surface area contributed by atoms with E-state index >= 15 is 0 Å². The Kier molecular flexibility index (Phi) is 14.1. The molecule has 0 unspecified atom stereocenters. The molecule has 4 aromatic carbocycles. The molecule has 2 aliphatic rings. The maximum absolute atomic E-state index is 14.2. The molecule has 3 N–H and O–H groups in total. The molecule has 0 radical (unpaired) electrons. The predicted octanol–water partition coefficient (Wildman–Crippen LogP) is 7.23. The highest BCUT2D eigenvalue weighted by Crippen LogP contribution is 2.45. The Morgan fingerprint density at radius 2 is 1.48 bits per heavy atom. The SMILES string of the molecule is COC1(OC)C=CC(C(OC[C@H]2O[C@@H](n3cnc4c(OC(=O)N(c5ccccc5)c5ccccc5)nc(NC(=O)C(C)C)nc43)[C@H](OCCO)[C@@H]2O)(c2ccccc2)c2ccccc2)=CC1. The van der Waals surface area contributed by atoms with Gasteiger partial charge in [0.15, 0.2) is 23.2 Å². The number of para-hydroxylation sites is 2. The number of nitrogens with one attached hydrogen (secondary N) is 1. The molecule has 3 heterocycles. The van der Waals surface area contributed by atoms with Crippen molar-refractivity contribution in [2.45, 2.75) is 56.2 Å². The van der Waals surface area contributed by atoms with Crippen LogP contribution in [0.15, 0.2) is 151 Å². The number of anilines is 3. The Morgan fingerprint density at radius 1 is 0.894 bits per heavy atom. The van der Waals surface area contributed by atoms with Crippen LogP contribution < -0.4 is 15.0 Å². The highest BCUT2D eigenvalue weighted by atomic mass is 16.7. The Morgan fingerprint density at radius 3 is 2.02 bits per heavy atom. The van der Waals surface area contributed by atoms with Gasteiger partial charge in [0.2, 0.25) is 11.9 Å². The number of fused-ring (bicyclic) bond motifs is 1. The summed E-state index contributed by atoms with van der Waals surface area (Å²) in [5, 5.41) is 24.7. The summed E-state index contributed by atoms with van der Waals surface area (Å²) in [4.78, 5) is 42.4. The number of benzene rings is 4. The number of amides is 2. The second-order valence-electron chi connectivity index (χ2n) is 16.0. The highest BCUT2D eigenvalue weighted by Gasteiger charge is 2.49. The van der Waals surface area contributed by atoms with Gasteiger partial charge in [-0.3, -0.25) is 14.7 Å². The summed E-state index contributed by atoms with van der Waals surface area (Å²) in [6.07, 6.45) is 2.25. The minimum atomic E-state index is -1.31. The second-order valence-corrected chi connectivity index (χ2v) is 16.0. The van der Waals surface area contributed by atoms with Crippen LogP contribution in [0.25, 0.3) is 11.2 Å². The topological polar surface area (TPSA) is 189 Å². The lowest BCUT2D eigenvalue weighted by molar-refractivity contribution is -0.168.